The summed E-state index contributed by atoms with van der Waals surface area (Å²) in [5.41, 5.74) is 3.18. The molecule has 0 spiro atoms. The first-order valence-corrected chi connectivity index (χ1v) is 10.5. The molecule has 1 atom stereocenters. The highest BCUT2D eigenvalue weighted by Crippen LogP contribution is 2.46. The third-order valence-corrected chi connectivity index (χ3v) is 5.81. The van der Waals surface area contributed by atoms with E-state index in [9.17, 15) is 9.90 Å². The standard InChI is InChI=1S/C26H30O5/c1-17-24(26(31-4)22-11-6-5-10-21(22)25(17)30-3)20(9-7-8-12-23(28)29-2)18-13-15-19(27)16-14-18/h5-6,10-11,13-16,20,27H,7-9,12H2,1-4H3/t20-/m0/s1. The van der Waals surface area contributed by atoms with Gasteiger partial charge >= 0.3 is 5.97 Å². The largest absolute Gasteiger partial charge is 0.508 e. The number of hydrogen-bond donors (Lipinski definition) is 1. The molecule has 0 bridgehead atoms. The Balaban J connectivity index is 2.12. The maximum Gasteiger partial charge on any atom is 0.305 e. The lowest BCUT2D eigenvalue weighted by Crippen LogP contribution is -2.09. The third-order valence-electron chi connectivity index (χ3n) is 5.81. The van der Waals surface area contributed by atoms with E-state index in [-0.39, 0.29) is 17.6 Å². The van der Waals surface area contributed by atoms with Gasteiger partial charge in [-0.15, -0.1) is 0 Å². The van der Waals surface area contributed by atoms with Crippen LogP contribution in [0.4, 0.5) is 0 Å². The van der Waals surface area contributed by atoms with E-state index < -0.39 is 0 Å². The van der Waals surface area contributed by atoms with Gasteiger partial charge in [-0.2, -0.15) is 0 Å². The lowest BCUT2D eigenvalue weighted by atomic mass is 9.82. The monoisotopic (exact) mass is 422 g/mol. The molecule has 0 aliphatic heterocycles. The second-order valence-corrected chi connectivity index (χ2v) is 7.62. The van der Waals surface area contributed by atoms with Gasteiger partial charge in [0, 0.05) is 28.7 Å². The molecule has 5 heteroatoms. The molecule has 0 aliphatic carbocycles. The summed E-state index contributed by atoms with van der Waals surface area (Å²) in [6.07, 6.45) is 2.81. The first-order valence-electron chi connectivity index (χ1n) is 10.5. The number of unbranched alkanes of at least 4 members (excludes halogenated alkanes) is 1. The molecule has 0 radical (unpaired) electrons. The van der Waals surface area contributed by atoms with Crippen LogP contribution in [0.3, 0.4) is 0 Å². The van der Waals surface area contributed by atoms with Gasteiger partial charge in [-0.3, -0.25) is 4.79 Å². The van der Waals surface area contributed by atoms with Crippen molar-refractivity contribution in [1.82, 2.24) is 0 Å². The summed E-state index contributed by atoms with van der Waals surface area (Å²) in [5.74, 6) is 1.73. The molecule has 3 aromatic carbocycles. The zero-order valence-electron chi connectivity index (χ0n) is 18.6. The smallest absolute Gasteiger partial charge is 0.305 e. The van der Waals surface area contributed by atoms with Gasteiger partial charge < -0.3 is 19.3 Å². The summed E-state index contributed by atoms with van der Waals surface area (Å²) in [6, 6.07) is 15.4. The van der Waals surface area contributed by atoms with Gasteiger partial charge in [0.15, 0.2) is 0 Å². The zero-order valence-corrected chi connectivity index (χ0v) is 18.6. The highest BCUT2D eigenvalue weighted by Gasteiger charge is 2.26. The first kappa shape index (κ1) is 22.5. The Bertz CT molecular complexity index is 1040. The van der Waals surface area contributed by atoms with Gasteiger partial charge in [0.05, 0.1) is 21.3 Å². The Morgan fingerprint density at radius 2 is 1.52 bits per heavy atom. The van der Waals surface area contributed by atoms with E-state index in [4.69, 9.17) is 14.2 Å². The van der Waals surface area contributed by atoms with Gasteiger partial charge in [-0.25, -0.2) is 0 Å². The number of phenolic OH excluding ortho intramolecular Hbond substituents is 1. The average Bonchev–Trinajstić information content (AvgIpc) is 2.79. The van der Waals surface area contributed by atoms with Gasteiger partial charge in [-0.05, 0) is 43.0 Å². The number of rotatable bonds is 9. The second kappa shape index (κ2) is 10.2. The van der Waals surface area contributed by atoms with Crippen molar-refractivity contribution < 1.29 is 24.1 Å². The van der Waals surface area contributed by atoms with E-state index in [2.05, 4.69) is 6.92 Å². The van der Waals surface area contributed by atoms with Crippen LogP contribution in [-0.4, -0.2) is 32.4 Å². The molecule has 0 amide bonds. The van der Waals surface area contributed by atoms with Crippen LogP contribution in [0.25, 0.3) is 10.8 Å². The number of carbonyl (C=O) groups is 1. The van der Waals surface area contributed by atoms with Gasteiger partial charge in [0.2, 0.25) is 0 Å². The van der Waals surface area contributed by atoms with Crippen LogP contribution in [0, 0.1) is 6.92 Å². The van der Waals surface area contributed by atoms with Crippen molar-refractivity contribution in [3.05, 3.63) is 65.2 Å². The zero-order chi connectivity index (χ0) is 22.4. The number of ether oxygens (including phenoxy) is 3. The van der Waals surface area contributed by atoms with Crippen LogP contribution in [0.5, 0.6) is 17.2 Å². The molecule has 0 heterocycles. The Labute approximate surface area is 183 Å². The molecule has 3 rings (SSSR count). The molecule has 0 fully saturated rings. The van der Waals surface area contributed by atoms with Crippen LogP contribution in [0.15, 0.2) is 48.5 Å². The Morgan fingerprint density at radius 3 is 2.10 bits per heavy atom. The van der Waals surface area contributed by atoms with E-state index in [0.29, 0.717) is 6.42 Å². The first-order chi connectivity index (χ1) is 15.0. The summed E-state index contributed by atoms with van der Waals surface area (Å²) in [6.45, 7) is 2.06. The molecule has 1 N–H and O–H groups in total. The number of carbonyl (C=O) groups excluding carboxylic acids is 1. The lowest BCUT2D eigenvalue weighted by Gasteiger charge is -2.26. The summed E-state index contributed by atoms with van der Waals surface area (Å²) in [4.78, 5) is 11.5. The van der Waals surface area contributed by atoms with E-state index in [0.717, 1.165) is 58.2 Å². The van der Waals surface area contributed by atoms with Crippen molar-refractivity contribution in [2.24, 2.45) is 0 Å². The van der Waals surface area contributed by atoms with Gasteiger partial charge in [0.1, 0.15) is 17.2 Å². The normalized spacial score (nSPS) is 11.9. The van der Waals surface area contributed by atoms with Crippen LogP contribution >= 0.6 is 0 Å². The number of hydrogen-bond acceptors (Lipinski definition) is 5. The van der Waals surface area contributed by atoms with E-state index in [1.807, 2.05) is 36.4 Å². The molecular weight excluding hydrogens is 392 g/mol. The van der Waals surface area contributed by atoms with Crippen molar-refractivity contribution >= 4 is 16.7 Å². The minimum atomic E-state index is -0.192. The maximum absolute atomic E-state index is 11.5. The number of benzene rings is 3. The minimum Gasteiger partial charge on any atom is -0.508 e. The van der Waals surface area contributed by atoms with Gasteiger partial charge in [-0.1, -0.05) is 42.8 Å². The fraction of sp³-hybridized carbons (Fsp3) is 0.346. The number of methoxy groups -OCH3 is 3. The molecule has 0 unspecified atom stereocenters. The van der Waals surface area contributed by atoms with E-state index >= 15 is 0 Å². The van der Waals surface area contributed by atoms with Crippen LogP contribution in [0.2, 0.25) is 0 Å². The maximum atomic E-state index is 11.5. The van der Waals surface area contributed by atoms with E-state index in [1.54, 1.807) is 26.4 Å². The fourth-order valence-electron chi connectivity index (χ4n) is 4.33. The molecule has 5 nitrogen and oxygen atoms in total. The van der Waals surface area contributed by atoms with Crippen molar-refractivity contribution in [2.45, 2.75) is 38.5 Å². The summed E-state index contributed by atoms with van der Waals surface area (Å²) >= 11 is 0. The predicted molar refractivity (Wildman–Crippen MR) is 122 cm³/mol. The Hall–Kier alpha value is -3.21. The van der Waals surface area contributed by atoms with Crippen molar-refractivity contribution in [3.8, 4) is 17.2 Å². The summed E-state index contributed by atoms with van der Waals surface area (Å²) in [5, 5.41) is 11.8. The van der Waals surface area contributed by atoms with Gasteiger partial charge in [0.25, 0.3) is 0 Å². The minimum absolute atomic E-state index is 0.0201. The molecule has 0 saturated heterocycles. The Morgan fingerprint density at radius 1 is 0.903 bits per heavy atom. The molecule has 0 aromatic heterocycles. The Kier molecular flexibility index (Phi) is 7.40. The second-order valence-electron chi connectivity index (χ2n) is 7.62. The number of phenols is 1. The number of esters is 1. The highest BCUT2D eigenvalue weighted by atomic mass is 16.5. The summed E-state index contributed by atoms with van der Waals surface area (Å²) in [7, 11) is 4.80. The quantitative estimate of drug-likeness (QED) is 0.352. The van der Waals surface area contributed by atoms with Crippen molar-refractivity contribution in [1.29, 1.82) is 0 Å². The fourth-order valence-corrected chi connectivity index (χ4v) is 4.33. The molecule has 0 aliphatic rings. The molecule has 3 aromatic rings. The number of fused-ring (bicyclic) bond motifs is 1. The average molecular weight is 423 g/mol. The topological polar surface area (TPSA) is 65.0 Å². The van der Waals surface area contributed by atoms with Crippen molar-refractivity contribution in [3.63, 3.8) is 0 Å². The van der Waals surface area contributed by atoms with Crippen LogP contribution in [0.1, 0.15) is 48.3 Å². The molecule has 31 heavy (non-hydrogen) atoms. The molecule has 164 valence electrons. The third kappa shape index (κ3) is 4.76. The molecule has 0 saturated carbocycles. The molecular formula is C26H30O5. The van der Waals surface area contributed by atoms with Crippen molar-refractivity contribution in [2.75, 3.05) is 21.3 Å². The number of aromatic hydroxyl groups is 1. The lowest BCUT2D eigenvalue weighted by molar-refractivity contribution is -0.140. The highest BCUT2D eigenvalue weighted by molar-refractivity contribution is 5.96. The van der Waals surface area contributed by atoms with E-state index in [1.165, 1.54) is 7.11 Å². The van der Waals surface area contributed by atoms with Crippen LogP contribution in [-0.2, 0) is 9.53 Å². The summed E-state index contributed by atoms with van der Waals surface area (Å²) < 4.78 is 16.5. The van der Waals surface area contributed by atoms with Crippen LogP contribution < -0.4 is 9.47 Å². The predicted octanol–water partition coefficient (Wildman–Crippen LogP) is 5.74. The SMILES string of the molecule is COC(=O)CCCC[C@@H](c1ccc(O)cc1)c1c(C)c(OC)c2ccccc2c1OC.